The van der Waals surface area contributed by atoms with E-state index >= 15 is 0 Å². The molecular formula is C27H26ClN3O2. The summed E-state index contributed by atoms with van der Waals surface area (Å²) >= 11 is 6.47. The normalized spacial score (nSPS) is 13.6. The van der Waals surface area contributed by atoms with Crippen molar-refractivity contribution in [3.8, 4) is 28.1 Å². The van der Waals surface area contributed by atoms with E-state index in [-0.39, 0.29) is 5.91 Å². The van der Waals surface area contributed by atoms with E-state index in [9.17, 15) is 4.79 Å². The van der Waals surface area contributed by atoms with E-state index in [0.29, 0.717) is 17.9 Å². The molecule has 0 saturated carbocycles. The minimum absolute atomic E-state index is 0.213. The lowest BCUT2D eigenvalue weighted by molar-refractivity contribution is -0.130. The van der Waals surface area contributed by atoms with Gasteiger partial charge in [-0.3, -0.25) is 4.79 Å². The number of carbonyl (C=O) groups excluding carboxylic acids is 1. The molecule has 1 amide bonds. The lowest BCUT2D eigenvalue weighted by Crippen LogP contribution is -2.27. The fraction of sp³-hybridized carbons (Fsp3) is 0.259. The molecule has 1 aliphatic rings. The number of carbonyl (C=O) groups is 1. The highest BCUT2D eigenvalue weighted by Crippen LogP contribution is 2.32. The number of halogens is 1. The van der Waals surface area contributed by atoms with E-state index in [1.807, 2.05) is 65.6 Å². The summed E-state index contributed by atoms with van der Waals surface area (Å²) in [5, 5.41) is 0.707. The van der Waals surface area contributed by atoms with Crippen LogP contribution in [-0.2, 0) is 11.2 Å². The van der Waals surface area contributed by atoms with Gasteiger partial charge < -0.3 is 14.0 Å². The molecule has 5 nitrogen and oxygen atoms in total. The van der Waals surface area contributed by atoms with Crippen LogP contribution in [0.15, 0.2) is 66.9 Å². The third-order valence-corrected chi connectivity index (χ3v) is 6.63. The molecule has 4 aromatic rings. The van der Waals surface area contributed by atoms with E-state index < -0.39 is 0 Å². The number of methoxy groups -OCH3 is 1. The van der Waals surface area contributed by atoms with Gasteiger partial charge >= 0.3 is 0 Å². The van der Waals surface area contributed by atoms with Crippen LogP contribution in [0, 0.1) is 0 Å². The number of aryl methyl sites for hydroxylation is 1. The number of hydrogen-bond donors (Lipinski definition) is 0. The quantitative estimate of drug-likeness (QED) is 0.361. The Morgan fingerprint density at radius 3 is 2.45 bits per heavy atom. The number of amides is 1. The van der Waals surface area contributed by atoms with Gasteiger partial charge in [-0.05, 0) is 67.3 Å². The summed E-state index contributed by atoms with van der Waals surface area (Å²) in [6, 6.07) is 19.8. The van der Waals surface area contributed by atoms with Gasteiger partial charge in [-0.25, -0.2) is 4.98 Å². The lowest BCUT2D eigenvalue weighted by atomic mass is 10.1. The van der Waals surface area contributed by atoms with Crippen molar-refractivity contribution >= 4 is 23.2 Å². The number of hydrogen-bond acceptors (Lipinski definition) is 3. The summed E-state index contributed by atoms with van der Waals surface area (Å²) in [5.41, 5.74) is 5.75. The zero-order valence-electron chi connectivity index (χ0n) is 18.6. The molecule has 0 N–H and O–H groups in total. The largest absolute Gasteiger partial charge is 0.497 e. The number of benzene rings is 2. The summed E-state index contributed by atoms with van der Waals surface area (Å²) < 4.78 is 7.42. The molecule has 1 saturated heterocycles. The molecule has 33 heavy (non-hydrogen) atoms. The highest BCUT2D eigenvalue weighted by atomic mass is 35.5. The molecule has 168 valence electrons. The number of pyridine rings is 1. The zero-order chi connectivity index (χ0) is 22.8. The van der Waals surface area contributed by atoms with Crippen LogP contribution in [-0.4, -0.2) is 40.4 Å². The van der Waals surface area contributed by atoms with Gasteiger partial charge in [0.1, 0.15) is 11.4 Å². The molecule has 2 aromatic heterocycles. The summed E-state index contributed by atoms with van der Waals surface area (Å²) in [5.74, 6) is 1.01. The molecular weight excluding hydrogens is 434 g/mol. The van der Waals surface area contributed by atoms with Gasteiger partial charge in [0, 0.05) is 41.9 Å². The lowest BCUT2D eigenvalue weighted by Gasteiger charge is -2.15. The Kier molecular flexibility index (Phi) is 6.05. The number of ether oxygens (including phenoxy) is 1. The van der Waals surface area contributed by atoms with E-state index in [1.165, 1.54) is 0 Å². The SMILES string of the molecule is COc1ccc(-c2nc3ccc(-c4ccccc4Cl)cn3c2CCC(=O)N2CCCC2)cc1. The molecule has 6 heteroatoms. The first-order valence-corrected chi connectivity index (χ1v) is 11.7. The van der Waals surface area contributed by atoms with Crippen molar-refractivity contribution in [3.63, 3.8) is 0 Å². The first-order chi connectivity index (χ1) is 16.1. The third kappa shape index (κ3) is 4.33. The minimum Gasteiger partial charge on any atom is -0.497 e. The molecule has 0 atom stereocenters. The number of rotatable bonds is 6. The zero-order valence-corrected chi connectivity index (χ0v) is 19.4. The van der Waals surface area contributed by atoms with Crippen LogP contribution in [0.5, 0.6) is 5.75 Å². The highest BCUT2D eigenvalue weighted by Gasteiger charge is 2.21. The van der Waals surface area contributed by atoms with Gasteiger partial charge in [0.2, 0.25) is 5.91 Å². The van der Waals surface area contributed by atoms with Crippen LogP contribution >= 0.6 is 11.6 Å². The van der Waals surface area contributed by atoms with Crippen LogP contribution in [0.1, 0.15) is 25.0 Å². The third-order valence-electron chi connectivity index (χ3n) is 6.30. The first-order valence-electron chi connectivity index (χ1n) is 11.3. The number of likely N-dealkylation sites (tertiary alicyclic amines) is 1. The predicted octanol–water partition coefficient (Wildman–Crippen LogP) is 5.89. The second-order valence-corrected chi connectivity index (χ2v) is 8.76. The number of aromatic nitrogens is 2. The molecule has 5 rings (SSSR count). The monoisotopic (exact) mass is 459 g/mol. The molecule has 0 radical (unpaired) electrons. The van der Waals surface area contributed by atoms with Gasteiger partial charge in [-0.1, -0.05) is 29.8 Å². The minimum atomic E-state index is 0.213. The van der Waals surface area contributed by atoms with Crippen molar-refractivity contribution in [1.82, 2.24) is 14.3 Å². The maximum Gasteiger partial charge on any atom is 0.222 e. The van der Waals surface area contributed by atoms with Gasteiger partial charge in [0.05, 0.1) is 18.5 Å². The first kappa shape index (κ1) is 21.5. The second-order valence-electron chi connectivity index (χ2n) is 8.35. The molecule has 0 aliphatic carbocycles. The van der Waals surface area contributed by atoms with Gasteiger partial charge in [-0.15, -0.1) is 0 Å². The molecule has 3 heterocycles. The Balaban J connectivity index is 1.57. The van der Waals surface area contributed by atoms with Crippen LogP contribution in [0.3, 0.4) is 0 Å². The molecule has 1 aliphatic heterocycles. The van der Waals surface area contributed by atoms with Crippen molar-refractivity contribution in [2.75, 3.05) is 20.2 Å². The standard InChI is InChI=1S/C27H26ClN3O2/c1-33-21-11-8-19(9-12-21)27-24(13-15-26(32)30-16-4-5-17-30)31-18-20(10-14-25(31)29-27)22-6-2-3-7-23(22)28/h2-3,6-12,14,18H,4-5,13,15-17H2,1H3. The van der Waals surface area contributed by atoms with E-state index in [4.69, 9.17) is 21.3 Å². The van der Waals surface area contributed by atoms with E-state index in [0.717, 1.165) is 65.4 Å². The number of imidazole rings is 1. The van der Waals surface area contributed by atoms with E-state index in [1.54, 1.807) is 7.11 Å². The second kappa shape index (κ2) is 9.28. The van der Waals surface area contributed by atoms with Gasteiger partial charge in [0.25, 0.3) is 0 Å². The molecule has 2 aromatic carbocycles. The molecule has 0 unspecified atom stereocenters. The van der Waals surface area contributed by atoms with Crippen molar-refractivity contribution in [1.29, 1.82) is 0 Å². The van der Waals surface area contributed by atoms with Crippen molar-refractivity contribution in [3.05, 3.63) is 77.6 Å². The van der Waals surface area contributed by atoms with E-state index in [2.05, 4.69) is 10.6 Å². The maximum atomic E-state index is 12.8. The highest BCUT2D eigenvalue weighted by molar-refractivity contribution is 6.33. The fourth-order valence-corrected chi connectivity index (χ4v) is 4.76. The summed E-state index contributed by atoms with van der Waals surface area (Å²) in [6.45, 7) is 1.74. The Bertz CT molecular complexity index is 1290. The average Bonchev–Trinajstić information content (AvgIpc) is 3.51. The van der Waals surface area contributed by atoms with Crippen LogP contribution in [0.25, 0.3) is 28.0 Å². The Labute approximate surface area is 198 Å². The molecule has 0 spiro atoms. The number of nitrogens with zero attached hydrogens (tertiary/aromatic N) is 3. The topological polar surface area (TPSA) is 46.8 Å². The van der Waals surface area contributed by atoms with Crippen molar-refractivity contribution < 1.29 is 9.53 Å². The van der Waals surface area contributed by atoms with Crippen LogP contribution in [0.4, 0.5) is 0 Å². The Hall–Kier alpha value is -3.31. The smallest absolute Gasteiger partial charge is 0.222 e. The molecule has 0 bridgehead atoms. The summed E-state index contributed by atoms with van der Waals surface area (Å²) in [4.78, 5) is 19.7. The number of fused-ring (bicyclic) bond motifs is 1. The summed E-state index contributed by atoms with van der Waals surface area (Å²) in [7, 11) is 1.66. The average molecular weight is 460 g/mol. The van der Waals surface area contributed by atoms with Crippen LogP contribution < -0.4 is 4.74 Å². The predicted molar refractivity (Wildman–Crippen MR) is 132 cm³/mol. The van der Waals surface area contributed by atoms with Crippen molar-refractivity contribution in [2.24, 2.45) is 0 Å². The fourth-order valence-electron chi connectivity index (χ4n) is 4.52. The summed E-state index contributed by atoms with van der Waals surface area (Å²) in [6.07, 6.45) is 5.35. The van der Waals surface area contributed by atoms with Gasteiger partial charge in [0.15, 0.2) is 0 Å². The van der Waals surface area contributed by atoms with Gasteiger partial charge in [-0.2, -0.15) is 0 Å². The van der Waals surface area contributed by atoms with Crippen LogP contribution in [0.2, 0.25) is 5.02 Å². The Morgan fingerprint density at radius 1 is 1.00 bits per heavy atom. The maximum absolute atomic E-state index is 12.8. The van der Waals surface area contributed by atoms with Crippen molar-refractivity contribution in [2.45, 2.75) is 25.7 Å². The Morgan fingerprint density at radius 2 is 1.73 bits per heavy atom. The molecule has 1 fully saturated rings.